The van der Waals surface area contributed by atoms with Gasteiger partial charge in [-0.05, 0) is 73.9 Å². The number of nitrogens with zero attached hydrogens (tertiary/aromatic N) is 2. The van der Waals surface area contributed by atoms with E-state index in [0.29, 0.717) is 31.7 Å². The van der Waals surface area contributed by atoms with Crippen LogP contribution in [0.1, 0.15) is 35.0 Å². The molecule has 3 N–H and O–H groups in total. The lowest BCUT2D eigenvalue weighted by Crippen LogP contribution is -2.27. The van der Waals surface area contributed by atoms with E-state index in [1.165, 1.54) is 0 Å². The Hall–Kier alpha value is -4.07. The minimum absolute atomic E-state index is 0.0949. The van der Waals surface area contributed by atoms with Crippen LogP contribution in [0.4, 0.5) is 10.5 Å². The molecule has 1 aliphatic heterocycles. The summed E-state index contributed by atoms with van der Waals surface area (Å²) in [5, 5.41) is 2.81. The summed E-state index contributed by atoms with van der Waals surface area (Å²) in [6.45, 7) is 5.33. The maximum absolute atomic E-state index is 12.0. The van der Waals surface area contributed by atoms with Crippen molar-refractivity contribution in [3.63, 3.8) is 0 Å². The number of nitrogens with two attached hydrogens (primary N) is 1. The zero-order valence-electron chi connectivity index (χ0n) is 19.3. The van der Waals surface area contributed by atoms with E-state index in [1.807, 2.05) is 49.4 Å². The van der Waals surface area contributed by atoms with Crippen molar-refractivity contribution in [3.05, 3.63) is 71.4 Å². The molecule has 3 aromatic rings. The zero-order valence-corrected chi connectivity index (χ0v) is 19.3. The lowest BCUT2D eigenvalue weighted by atomic mass is 10.1. The van der Waals surface area contributed by atoms with Gasteiger partial charge in [0.15, 0.2) is 0 Å². The van der Waals surface area contributed by atoms with Gasteiger partial charge in [-0.3, -0.25) is 14.5 Å². The number of anilines is 1. The Morgan fingerprint density at radius 1 is 1.09 bits per heavy atom. The van der Waals surface area contributed by atoms with Gasteiger partial charge in [0.05, 0.1) is 18.7 Å². The van der Waals surface area contributed by atoms with Crippen LogP contribution >= 0.6 is 0 Å². The van der Waals surface area contributed by atoms with Gasteiger partial charge in [-0.15, -0.1) is 0 Å². The minimum Gasteiger partial charge on any atom is -0.466 e. The van der Waals surface area contributed by atoms with E-state index in [4.69, 9.17) is 10.5 Å². The van der Waals surface area contributed by atoms with E-state index in [1.54, 1.807) is 24.0 Å². The standard InChI is InChI=1S/C26H28N4O4/c1-3-34-24(31)13-10-21-9-12-23(30(21)22-11-6-19(25(27)32)16-17(22)2)18-4-7-20(8-5-18)29-15-14-28-26(29)33/h4-9,11-12,16H,3,10,13-15H2,1-2H3,(H2,27,32)(H,28,33). The first kappa shape index (κ1) is 23.1. The van der Waals surface area contributed by atoms with Gasteiger partial charge in [0.25, 0.3) is 0 Å². The number of primary amides is 1. The minimum atomic E-state index is -0.480. The molecule has 8 nitrogen and oxygen atoms in total. The van der Waals surface area contributed by atoms with E-state index in [2.05, 4.69) is 9.88 Å². The van der Waals surface area contributed by atoms with Crippen molar-refractivity contribution in [3.8, 4) is 16.9 Å². The predicted molar refractivity (Wildman–Crippen MR) is 130 cm³/mol. The van der Waals surface area contributed by atoms with E-state index in [0.717, 1.165) is 33.9 Å². The first-order chi connectivity index (χ1) is 16.4. The number of carbonyl (C=O) groups is 3. The number of aryl methyl sites for hydroxylation is 2. The van der Waals surface area contributed by atoms with Crippen LogP contribution < -0.4 is 16.0 Å². The lowest BCUT2D eigenvalue weighted by molar-refractivity contribution is -0.143. The molecular formula is C26H28N4O4. The maximum atomic E-state index is 12.0. The van der Waals surface area contributed by atoms with Gasteiger partial charge >= 0.3 is 12.0 Å². The van der Waals surface area contributed by atoms with Gasteiger partial charge in [-0.2, -0.15) is 0 Å². The highest BCUT2D eigenvalue weighted by Crippen LogP contribution is 2.31. The van der Waals surface area contributed by atoms with E-state index in [9.17, 15) is 14.4 Å². The van der Waals surface area contributed by atoms with Crippen molar-refractivity contribution in [1.82, 2.24) is 9.88 Å². The first-order valence-electron chi connectivity index (χ1n) is 11.3. The number of benzene rings is 2. The molecule has 2 heterocycles. The SMILES string of the molecule is CCOC(=O)CCc1ccc(-c2ccc(N3CCNC3=O)cc2)n1-c1ccc(C(N)=O)cc1C. The highest BCUT2D eigenvalue weighted by Gasteiger charge is 2.21. The second-order valence-corrected chi connectivity index (χ2v) is 8.15. The second kappa shape index (κ2) is 9.82. The number of amides is 3. The van der Waals surface area contributed by atoms with Crippen molar-refractivity contribution in [2.45, 2.75) is 26.7 Å². The second-order valence-electron chi connectivity index (χ2n) is 8.15. The van der Waals surface area contributed by atoms with Gasteiger partial charge in [0, 0.05) is 35.7 Å². The van der Waals surface area contributed by atoms with Crippen molar-refractivity contribution in [2.24, 2.45) is 5.73 Å². The van der Waals surface area contributed by atoms with Gasteiger partial charge in [0.1, 0.15) is 0 Å². The summed E-state index contributed by atoms with van der Waals surface area (Å²) in [6.07, 6.45) is 0.764. The molecule has 0 spiro atoms. The van der Waals surface area contributed by atoms with Crippen LogP contribution in [0.15, 0.2) is 54.6 Å². The lowest BCUT2D eigenvalue weighted by Gasteiger charge is -2.18. The van der Waals surface area contributed by atoms with Gasteiger partial charge in [0.2, 0.25) is 5.91 Å². The van der Waals surface area contributed by atoms with Gasteiger partial charge in [-0.25, -0.2) is 4.79 Å². The Bertz CT molecular complexity index is 1230. The van der Waals surface area contributed by atoms with Gasteiger partial charge in [-0.1, -0.05) is 12.1 Å². The Balaban J connectivity index is 1.73. The summed E-state index contributed by atoms with van der Waals surface area (Å²) in [4.78, 5) is 37.3. The van der Waals surface area contributed by atoms with E-state index in [-0.39, 0.29) is 18.4 Å². The molecule has 8 heteroatoms. The molecule has 3 amide bonds. The van der Waals surface area contributed by atoms with Crippen LogP contribution in [0.25, 0.3) is 16.9 Å². The summed E-state index contributed by atoms with van der Waals surface area (Å²) in [6, 6.07) is 17.1. The molecule has 1 fully saturated rings. The highest BCUT2D eigenvalue weighted by molar-refractivity contribution is 5.94. The molecule has 176 valence electrons. The number of aromatic nitrogens is 1. The third kappa shape index (κ3) is 4.66. The zero-order chi connectivity index (χ0) is 24.2. The fourth-order valence-electron chi connectivity index (χ4n) is 4.24. The molecule has 1 saturated heterocycles. The Morgan fingerprint density at radius 2 is 1.85 bits per heavy atom. The first-order valence-corrected chi connectivity index (χ1v) is 11.3. The Kier molecular flexibility index (Phi) is 6.67. The molecular weight excluding hydrogens is 432 g/mol. The molecule has 0 atom stereocenters. The number of rotatable bonds is 8. The highest BCUT2D eigenvalue weighted by atomic mass is 16.5. The van der Waals surface area contributed by atoms with E-state index < -0.39 is 5.91 Å². The molecule has 0 aliphatic carbocycles. The molecule has 2 aromatic carbocycles. The van der Waals surface area contributed by atoms with E-state index >= 15 is 0 Å². The topological polar surface area (TPSA) is 107 Å². The van der Waals surface area contributed by atoms with Crippen LogP contribution in [0.5, 0.6) is 0 Å². The van der Waals surface area contributed by atoms with Crippen molar-refractivity contribution in [2.75, 3.05) is 24.6 Å². The number of ether oxygens (including phenoxy) is 1. The fraction of sp³-hybridized carbons (Fsp3) is 0.269. The van der Waals surface area contributed by atoms with Crippen LogP contribution in [0, 0.1) is 6.92 Å². The number of urea groups is 1. The Labute approximate surface area is 198 Å². The molecule has 1 aliphatic rings. The summed E-state index contributed by atoms with van der Waals surface area (Å²) >= 11 is 0. The largest absolute Gasteiger partial charge is 0.466 e. The smallest absolute Gasteiger partial charge is 0.321 e. The third-order valence-electron chi connectivity index (χ3n) is 5.91. The van der Waals surface area contributed by atoms with Gasteiger partial charge < -0.3 is 20.4 Å². The predicted octanol–water partition coefficient (Wildman–Crippen LogP) is 3.58. The number of carbonyl (C=O) groups excluding carboxylic acids is 3. The maximum Gasteiger partial charge on any atom is 0.321 e. The quantitative estimate of drug-likeness (QED) is 0.501. The number of hydrogen-bond acceptors (Lipinski definition) is 4. The Morgan fingerprint density at radius 3 is 2.47 bits per heavy atom. The molecule has 34 heavy (non-hydrogen) atoms. The summed E-state index contributed by atoms with van der Waals surface area (Å²) in [5.41, 5.74) is 11.4. The number of hydrogen-bond donors (Lipinski definition) is 2. The molecule has 1 aromatic heterocycles. The van der Waals surface area contributed by atoms with Crippen LogP contribution in [0.3, 0.4) is 0 Å². The van der Waals surface area contributed by atoms with Crippen LogP contribution in [-0.2, 0) is 16.0 Å². The monoisotopic (exact) mass is 460 g/mol. The average Bonchev–Trinajstić information content (AvgIpc) is 3.44. The third-order valence-corrected chi connectivity index (χ3v) is 5.91. The summed E-state index contributed by atoms with van der Waals surface area (Å²) in [7, 11) is 0. The molecule has 0 saturated carbocycles. The average molecular weight is 461 g/mol. The molecule has 0 radical (unpaired) electrons. The summed E-state index contributed by atoms with van der Waals surface area (Å²) < 4.78 is 7.19. The number of esters is 1. The van der Waals surface area contributed by atoms with Crippen molar-refractivity contribution < 1.29 is 19.1 Å². The number of nitrogens with one attached hydrogen (secondary N) is 1. The normalized spacial score (nSPS) is 13.1. The van der Waals surface area contributed by atoms with Crippen LogP contribution in [-0.4, -0.2) is 42.2 Å². The van der Waals surface area contributed by atoms with Crippen LogP contribution in [0.2, 0.25) is 0 Å². The van der Waals surface area contributed by atoms with Crippen molar-refractivity contribution in [1.29, 1.82) is 0 Å². The summed E-state index contributed by atoms with van der Waals surface area (Å²) in [5.74, 6) is -0.725. The molecule has 0 unspecified atom stereocenters. The molecule has 4 rings (SSSR count). The molecule has 0 bridgehead atoms. The fourth-order valence-corrected chi connectivity index (χ4v) is 4.24. The van der Waals surface area contributed by atoms with Crippen molar-refractivity contribution >= 4 is 23.6 Å².